The number of rotatable bonds is 5. The molecule has 0 aromatic heterocycles. The maximum atomic E-state index is 12.1. The summed E-state index contributed by atoms with van der Waals surface area (Å²) in [4.78, 5) is 32.3. The Hall–Kier alpha value is -3.31. The molecule has 0 aliphatic heterocycles. The smallest absolute Gasteiger partial charge is 0.335 e. The van der Waals surface area contributed by atoms with Gasteiger partial charge in [0.05, 0.1) is 15.4 Å². The number of carbonyl (C=O) groups is 2. The van der Waals surface area contributed by atoms with Gasteiger partial charge in [0.15, 0.2) is 0 Å². The van der Waals surface area contributed by atoms with Crippen molar-refractivity contribution in [3.8, 4) is 0 Å². The number of anilines is 1. The molecule has 0 saturated carbocycles. The van der Waals surface area contributed by atoms with Gasteiger partial charge in [-0.15, -0.1) is 0 Å². The predicted molar refractivity (Wildman–Crippen MR) is 82.4 cm³/mol. The van der Waals surface area contributed by atoms with Crippen LogP contribution in [0, 0.1) is 10.1 Å². The summed E-state index contributed by atoms with van der Waals surface area (Å²) in [5.41, 5.74) is -1.23. The number of nitro groups is 1. The standard InChI is InChI=1S/C14H10N2O8S/c17-13(8-2-1-3-11(5-8)16(20)21)15-10-4-9(14(18)19)6-12(7-10)25(22,23)24/h1-7H,(H,15,17)(H,18,19)(H,22,23,24)/p-1. The molecule has 0 saturated heterocycles. The molecule has 0 heterocycles. The number of nitrogens with zero attached hydrogens (tertiary/aromatic N) is 1. The Labute approximate surface area is 140 Å². The first-order valence-corrected chi connectivity index (χ1v) is 7.89. The van der Waals surface area contributed by atoms with Gasteiger partial charge in [0.25, 0.3) is 11.6 Å². The zero-order valence-electron chi connectivity index (χ0n) is 12.2. The molecule has 0 bridgehead atoms. The van der Waals surface area contributed by atoms with Crippen molar-refractivity contribution in [3.05, 3.63) is 63.7 Å². The van der Waals surface area contributed by atoms with Gasteiger partial charge < -0.3 is 15.0 Å². The van der Waals surface area contributed by atoms with Gasteiger partial charge in [-0.25, -0.2) is 13.2 Å². The molecule has 0 fully saturated rings. The zero-order chi connectivity index (χ0) is 18.8. The summed E-state index contributed by atoms with van der Waals surface area (Å²) in [6, 6.07) is 7.11. The van der Waals surface area contributed by atoms with Crippen LogP contribution in [0.3, 0.4) is 0 Å². The Kier molecular flexibility index (Phi) is 4.81. The number of carboxylic acids is 1. The summed E-state index contributed by atoms with van der Waals surface area (Å²) < 4.78 is 33.3. The number of carbonyl (C=O) groups excluding carboxylic acids is 1. The van der Waals surface area contributed by atoms with Crippen molar-refractivity contribution in [2.45, 2.75) is 4.90 Å². The number of hydrogen-bond donors (Lipinski definition) is 2. The summed E-state index contributed by atoms with van der Waals surface area (Å²) in [5, 5.41) is 21.9. The van der Waals surface area contributed by atoms with E-state index in [1.807, 2.05) is 0 Å². The number of nitro benzene ring substituents is 1. The topological polar surface area (TPSA) is 167 Å². The van der Waals surface area contributed by atoms with Crippen LogP contribution in [0.4, 0.5) is 11.4 Å². The molecule has 25 heavy (non-hydrogen) atoms. The van der Waals surface area contributed by atoms with Crippen molar-refractivity contribution in [1.29, 1.82) is 0 Å². The molecule has 0 spiro atoms. The zero-order valence-corrected chi connectivity index (χ0v) is 13.0. The molecule has 0 unspecified atom stereocenters. The average molecular weight is 365 g/mol. The van der Waals surface area contributed by atoms with E-state index >= 15 is 0 Å². The van der Waals surface area contributed by atoms with Crippen LogP contribution >= 0.6 is 0 Å². The molecule has 1 amide bonds. The molecular formula is C14H9N2O8S-. The lowest BCUT2D eigenvalue weighted by Gasteiger charge is -2.12. The van der Waals surface area contributed by atoms with Gasteiger partial charge in [0.2, 0.25) is 0 Å². The van der Waals surface area contributed by atoms with E-state index in [4.69, 9.17) is 5.11 Å². The maximum absolute atomic E-state index is 12.1. The molecule has 0 aliphatic rings. The molecule has 0 radical (unpaired) electrons. The highest BCUT2D eigenvalue weighted by Gasteiger charge is 2.15. The predicted octanol–water partition coefficient (Wildman–Crippen LogP) is 1.45. The minimum Gasteiger partial charge on any atom is -0.744 e. The lowest BCUT2D eigenvalue weighted by Crippen LogP contribution is -2.13. The van der Waals surface area contributed by atoms with E-state index in [2.05, 4.69) is 5.32 Å². The summed E-state index contributed by atoms with van der Waals surface area (Å²) >= 11 is 0. The number of aromatic carboxylic acids is 1. The average Bonchev–Trinajstić information content (AvgIpc) is 2.53. The van der Waals surface area contributed by atoms with E-state index < -0.39 is 37.4 Å². The third-order valence-corrected chi connectivity index (χ3v) is 3.83. The van der Waals surface area contributed by atoms with Gasteiger partial charge in [-0.3, -0.25) is 14.9 Å². The number of amides is 1. The van der Waals surface area contributed by atoms with Crippen LogP contribution in [0.1, 0.15) is 20.7 Å². The van der Waals surface area contributed by atoms with Crippen molar-refractivity contribution in [2.75, 3.05) is 5.32 Å². The number of non-ortho nitro benzene ring substituents is 1. The van der Waals surface area contributed by atoms with Crippen LogP contribution in [0.5, 0.6) is 0 Å². The van der Waals surface area contributed by atoms with Crippen LogP contribution in [-0.4, -0.2) is 34.9 Å². The molecule has 2 rings (SSSR count). The summed E-state index contributed by atoms with van der Waals surface area (Å²) in [5.74, 6) is -2.35. The molecule has 0 atom stereocenters. The highest BCUT2D eigenvalue weighted by Crippen LogP contribution is 2.21. The first kappa shape index (κ1) is 18.0. The highest BCUT2D eigenvalue weighted by atomic mass is 32.2. The van der Waals surface area contributed by atoms with E-state index in [1.165, 1.54) is 18.2 Å². The summed E-state index contributed by atoms with van der Waals surface area (Å²) in [6.45, 7) is 0. The molecule has 10 nitrogen and oxygen atoms in total. The summed E-state index contributed by atoms with van der Waals surface area (Å²) in [6.07, 6.45) is 0. The third-order valence-electron chi connectivity index (χ3n) is 3.02. The van der Waals surface area contributed by atoms with Gasteiger partial charge in [0.1, 0.15) is 10.1 Å². The first-order chi connectivity index (χ1) is 11.6. The highest BCUT2D eigenvalue weighted by molar-refractivity contribution is 7.85. The fraction of sp³-hybridized carbons (Fsp3) is 0. The Morgan fingerprint density at radius 2 is 1.76 bits per heavy atom. The number of carboxylic acid groups (broad SMARTS) is 1. The van der Waals surface area contributed by atoms with Gasteiger partial charge in [-0.1, -0.05) is 6.07 Å². The van der Waals surface area contributed by atoms with E-state index in [-0.39, 0.29) is 16.9 Å². The minimum absolute atomic E-state index is 0.110. The van der Waals surface area contributed by atoms with Crippen LogP contribution in [0.15, 0.2) is 47.4 Å². The molecule has 11 heteroatoms. The Bertz CT molecular complexity index is 984. The van der Waals surface area contributed by atoms with Crippen LogP contribution < -0.4 is 5.32 Å². The summed E-state index contributed by atoms with van der Waals surface area (Å²) in [7, 11) is -4.95. The lowest BCUT2D eigenvalue weighted by molar-refractivity contribution is -0.384. The van der Waals surface area contributed by atoms with Crippen LogP contribution in [-0.2, 0) is 10.1 Å². The first-order valence-electron chi connectivity index (χ1n) is 6.48. The molecule has 130 valence electrons. The van der Waals surface area contributed by atoms with Gasteiger partial charge in [-0.05, 0) is 24.3 Å². The van der Waals surface area contributed by atoms with Crippen LogP contribution in [0.25, 0.3) is 0 Å². The fourth-order valence-electron chi connectivity index (χ4n) is 1.90. The quantitative estimate of drug-likeness (QED) is 0.456. The van der Waals surface area contributed by atoms with E-state index in [0.29, 0.717) is 6.07 Å². The van der Waals surface area contributed by atoms with Crippen molar-refractivity contribution in [3.63, 3.8) is 0 Å². The van der Waals surface area contributed by atoms with Crippen molar-refractivity contribution >= 4 is 33.4 Å². The van der Waals surface area contributed by atoms with E-state index in [0.717, 1.165) is 18.2 Å². The van der Waals surface area contributed by atoms with Crippen molar-refractivity contribution in [1.82, 2.24) is 0 Å². The Balaban J connectivity index is 2.41. The normalized spacial score (nSPS) is 10.9. The third kappa shape index (κ3) is 4.37. The number of hydrogen-bond acceptors (Lipinski definition) is 7. The Morgan fingerprint density at radius 1 is 1.08 bits per heavy atom. The second-order valence-corrected chi connectivity index (χ2v) is 6.15. The van der Waals surface area contributed by atoms with E-state index in [1.54, 1.807) is 0 Å². The molecule has 0 aliphatic carbocycles. The fourth-order valence-corrected chi connectivity index (χ4v) is 2.45. The monoisotopic (exact) mass is 365 g/mol. The number of nitrogens with one attached hydrogen (secondary N) is 1. The van der Waals surface area contributed by atoms with Crippen molar-refractivity contribution in [2.24, 2.45) is 0 Å². The van der Waals surface area contributed by atoms with Crippen molar-refractivity contribution < 1.29 is 32.6 Å². The van der Waals surface area contributed by atoms with Crippen LogP contribution in [0.2, 0.25) is 0 Å². The van der Waals surface area contributed by atoms with Gasteiger partial charge >= 0.3 is 5.97 Å². The minimum atomic E-state index is -4.95. The van der Waals surface area contributed by atoms with Gasteiger partial charge in [-0.2, -0.15) is 0 Å². The Morgan fingerprint density at radius 3 is 2.32 bits per heavy atom. The van der Waals surface area contributed by atoms with E-state index in [9.17, 15) is 32.7 Å². The lowest BCUT2D eigenvalue weighted by atomic mass is 10.1. The molecular weight excluding hydrogens is 356 g/mol. The van der Waals surface area contributed by atoms with Gasteiger partial charge in [0, 0.05) is 23.4 Å². The molecule has 2 aromatic rings. The molecule has 2 N–H and O–H groups in total. The molecule has 2 aromatic carbocycles. The second-order valence-electron chi connectivity index (χ2n) is 4.77. The SMILES string of the molecule is O=C(O)c1cc(NC(=O)c2cccc([N+](=O)[O-])c2)cc(S(=O)(=O)[O-])c1. The maximum Gasteiger partial charge on any atom is 0.335 e. The number of benzene rings is 2. The largest absolute Gasteiger partial charge is 0.744 e. The second kappa shape index (κ2) is 6.67.